The van der Waals surface area contributed by atoms with Crippen LogP contribution in [0.2, 0.25) is 0 Å². The molecule has 0 fully saturated rings. The van der Waals surface area contributed by atoms with E-state index in [2.05, 4.69) is 5.32 Å². The van der Waals surface area contributed by atoms with Gasteiger partial charge in [-0.05, 0) is 19.1 Å². The number of esters is 1. The van der Waals surface area contributed by atoms with Crippen LogP contribution in [0.1, 0.15) is 6.92 Å². The summed E-state index contributed by atoms with van der Waals surface area (Å²) in [5.41, 5.74) is 0. The third-order valence-electron chi connectivity index (χ3n) is 2.01. The van der Waals surface area contributed by atoms with Gasteiger partial charge in [0.1, 0.15) is 5.75 Å². The molecule has 0 heterocycles. The molecule has 1 rings (SSSR count). The van der Waals surface area contributed by atoms with Gasteiger partial charge < -0.3 is 14.8 Å². The molecule has 0 aliphatic rings. The number of ether oxygens (including phenoxy) is 2. The minimum Gasteiger partial charge on any atom is -0.479 e. The molecule has 0 saturated carbocycles. The lowest BCUT2D eigenvalue weighted by molar-refractivity contribution is -0.154. The number of rotatable bonds is 5. The summed E-state index contributed by atoms with van der Waals surface area (Å²) < 4.78 is 10.1. The Hall–Kier alpha value is -2.04. The van der Waals surface area contributed by atoms with Crippen molar-refractivity contribution >= 4 is 11.9 Å². The highest BCUT2D eigenvalue weighted by molar-refractivity contribution is 5.81. The molecule has 5 nitrogen and oxygen atoms in total. The van der Waals surface area contributed by atoms with Gasteiger partial charge in [-0.15, -0.1) is 0 Å². The van der Waals surface area contributed by atoms with Crippen LogP contribution in [0.3, 0.4) is 0 Å². The maximum atomic E-state index is 11.4. The second kappa shape index (κ2) is 6.52. The highest BCUT2D eigenvalue weighted by Crippen LogP contribution is 2.11. The van der Waals surface area contributed by atoms with Crippen LogP contribution in [0.5, 0.6) is 5.75 Å². The van der Waals surface area contributed by atoms with Crippen molar-refractivity contribution in [3.05, 3.63) is 30.3 Å². The predicted octanol–water partition coefficient (Wildman–Crippen LogP) is 0.743. The largest absolute Gasteiger partial charge is 0.479 e. The first kappa shape index (κ1) is 13.0. The number of carbonyl (C=O) groups excluding carboxylic acids is 2. The van der Waals surface area contributed by atoms with Gasteiger partial charge in [-0.1, -0.05) is 18.2 Å². The second-order valence-corrected chi connectivity index (χ2v) is 3.35. The average molecular weight is 237 g/mol. The highest BCUT2D eigenvalue weighted by atomic mass is 16.6. The van der Waals surface area contributed by atoms with Gasteiger partial charge in [0, 0.05) is 7.05 Å². The van der Waals surface area contributed by atoms with E-state index in [4.69, 9.17) is 9.47 Å². The van der Waals surface area contributed by atoms with E-state index in [1.807, 2.05) is 6.07 Å². The molecular weight excluding hydrogens is 222 g/mol. The second-order valence-electron chi connectivity index (χ2n) is 3.35. The van der Waals surface area contributed by atoms with Crippen molar-refractivity contribution in [2.24, 2.45) is 0 Å². The third-order valence-corrected chi connectivity index (χ3v) is 2.01. The Morgan fingerprint density at radius 2 is 1.94 bits per heavy atom. The van der Waals surface area contributed by atoms with Crippen LogP contribution in [-0.2, 0) is 14.3 Å². The van der Waals surface area contributed by atoms with E-state index < -0.39 is 12.1 Å². The zero-order chi connectivity index (χ0) is 12.7. The van der Waals surface area contributed by atoms with Crippen LogP contribution in [-0.4, -0.2) is 31.6 Å². The lowest BCUT2D eigenvalue weighted by atomic mass is 10.3. The molecule has 0 bridgehead atoms. The Kier molecular flexibility index (Phi) is 5.00. The van der Waals surface area contributed by atoms with E-state index in [-0.39, 0.29) is 12.5 Å². The Labute approximate surface area is 99.7 Å². The molecule has 17 heavy (non-hydrogen) atoms. The summed E-state index contributed by atoms with van der Waals surface area (Å²) in [6.45, 7) is 1.27. The fourth-order valence-electron chi connectivity index (χ4n) is 1.08. The van der Waals surface area contributed by atoms with Crippen LogP contribution < -0.4 is 10.1 Å². The van der Waals surface area contributed by atoms with Gasteiger partial charge in [0.15, 0.2) is 12.7 Å². The average Bonchev–Trinajstić information content (AvgIpc) is 2.36. The molecule has 0 radical (unpaired) electrons. The summed E-state index contributed by atoms with van der Waals surface area (Å²) in [4.78, 5) is 22.3. The van der Waals surface area contributed by atoms with Crippen molar-refractivity contribution in [2.45, 2.75) is 13.0 Å². The van der Waals surface area contributed by atoms with E-state index in [1.165, 1.54) is 7.05 Å². The molecule has 1 amide bonds. The van der Waals surface area contributed by atoms with E-state index >= 15 is 0 Å². The number of hydrogen-bond acceptors (Lipinski definition) is 4. The molecule has 1 atom stereocenters. The van der Waals surface area contributed by atoms with Gasteiger partial charge >= 0.3 is 5.97 Å². The summed E-state index contributed by atoms with van der Waals surface area (Å²) in [6.07, 6.45) is -0.748. The normalized spacial score (nSPS) is 11.4. The number of likely N-dealkylation sites (N-methyl/N-ethyl adjacent to an activating group) is 1. The van der Waals surface area contributed by atoms with Gasteiger partial charge in [-0.25, -0.2) is 4.79 Å². The van der Waals surface area contributed by atoms with E-state index in [0.717, 1.165) is 0 Å². The van der Waals surface area contributed by atoms with Crippen molar-refractivity contribution in [1.29, 1.82) is 0 Å². The first-order valence-corrected chi connectivity index (χ1v) is 5.22. The summed E-state index contributed by atoms with van der Waals surface area (Å²) in [5.74, 6) is -0.348. The molecular formula is C12H15NO4. The maximum Gasteiger partial charge on any atom is 0.347 e. The molecule has 0 spiro atoms. The van der Waals surface area contributed by atoms with Gasteiger partial charge in [0.25, 0.3) is 5.91 Å². The van der Waals surface area contributed by atoms with Gasteiger partial charge in [0.2, 0.25) is 0 Å². The molecule has 0 saturated heterocycles. The van der Waals surface area contributed by atoms with E-state index in [1.54, 1.807) is 31.2 Å². The molecule has 5 heteroatoms. The predicted molar refractivity (Wildman–Crippen MR) is 61.6 cm³/mol. The smallest absolute Gasteiger partial charge is 0.347 e. The Bertz CT molecular complexity index is 377. The number of benzene rings is 1. The van der Waals surface area contributed by atoms with Crippen LogP contribution in [0.4, 0.5) is 0 Å². The first-order chi connectivity index (χ1) is 8.13. The molecule has 1 aromatic carbocycles. The molecule has 0 unspecified atom stereocenters. The number of amides is 1. The van der Waals surface area contributed by atoms with Gasteiger partial charge in [0.05, 0.1) is 0 Å². The van der Waals surface area contributed by atoms with Crippen LogP contribution in [0.25, 0.3) is 0 Å². The zero-order valence-electron chi connectivity index (χ0n) is 9.80. The Balaban J connectivity index is 2.40. The quantitative estimate of drug-likeness (QED) is 0.767. The molecule has 0 aromatic heterocycles. The zero-order valence-corrected chi connectivity index (χ0v) is 9.80. The SMILES string of the molecule is CNC(=O)COC(=O)[C@H](C)Oc1ccccc1. The first-order valence-electron chi connectivity index (χ1n) is 5.22. The standard InChI is InChI=1S/C12H15NO4/c1-9(12(15)16-8-11(14)13-2)17-10-6-4-3-5-7-10/h3-7,9H,8H2,1-2H3,(H,13,14)/t9-/m0/s1. The topological polar surface area (TPSA) is 64.6 Å². The third kappa shape index (κ3) is 4.55. The minimum atomic E-state index is -0.748. The van der Waals surface area contributed by atoms with Crippen molar-refractivity contribution in [2.75, 3.05) is 13.7 Å². The fraction of sp³-hybridized carbons (Fsp3) is 0.333. The van der Waals surface area contributed by atoms with E-state index in [9.17, 15) is 9.59 Å². The highest BCUT2D eigenvalue weighted by Gasteiger charge is 2.17. The van der Waals surface area contributed by atoms with Gasteiger partial charge in [-0.3, -0.25) is 4.79 Å². The fourth-order valence-corrected chi connectivity index (χ4v) is 1.08. The maximum absolute atomic E-state index is 11.4. The monoisotopic (exact) mass is 237 g/mol. The Morgan fingerprint density at radius 3 is 2.53 bits per heavy atom. The van der Waals surface area contributed by atoms with Crippen LogP contribution in [0.15, 0.2) is 30.3 Å². The minimum absolute atomic E-state index is 0.294. The van der Waals surface area contributed by atoms with Crippen molar-refractivity contribution in [1.82, 2.24) is 5.32 Å². The summed E-state index contributed by atoms with van der Waals surface area (Å²) in [7, 11) is 1.47. The molecule has 0 aliphatic heterocycles. The van der Waals surface area contributed by atoms with Crippen molar-refractivity contribution < 1.29 is 19.1 Å². The van der Waals surface area contributed by atoms with Gasteiger partial charge in [-0.2, -0.15) is 0 Å². The number of hydrogen-bond donors (Lipinski definition) is 1. The summed E-state index contributed by atoms with van der Waals surface area (Å²) in [5, 5.41) is 2.35. The molecule has 0 aliphatic carbocycles. The number of para-hydroxylation sites is 1. The van der Waals surface area contributed by atoms with Crippen LogP contribution in [0, 0.1) is 0 Å². The van der Waals surface area contributed by atoms with Crippen molar-refractivity contribution in [3.8, 4) is 5.75 Å². The molecule has 1 N–H and O–H groups in total. The van der Waals surface area contributed by atoms with Crippen molar-refractivity contribution in [3.63, 3.8) is 0 Å². The lowest BCUT2D eigenvalue weighted by Gasteiger charge is -2.13. The number of nitrogens with one attached hydrogen (secondary N) is 1. The van der Waals surface area contributed by atoms with E-state index in [0.29, 0.717) is 5.75 Å². The number of carbonyl (C=O) groups is 2. The van der Waals surface area contributed by atoms with Crippen LogP contribution >= 0.6 is 0 Å². The lowest BCUT2D eigenvalue weighted by Crippen LogP contribution is -2.31. The molecule has 1 aromatic rings. The summed E-state index contributed by atoms with van der Waals surface area (Å²) >= 11 is 0. The molecule has 92 valence electrons. The Morgan fingerprint density at radius 1 is 1.29 bits per heavy atom. The summed E-state index contributed by atoms with van der Waals surface area (Å²) in [6, 6.07) is 8.93.